The number of para-hydroxylation sites is 1. The molecule has 2 aromatic rings. The van der Waals surface area contributed by atoms with Crippen molar-refractivity contribution in [2.75, 3.05) is 4.90 Å². The second-order valence-corrected chi connectivity index (χ2v) is 5.62. The molecule has 0 N–H and O–H groups in total. The maximum Gasteiger partial charge on any atom is 0.332 e. The molecular formula is C17H14FN3O4. The summed E-state index contributed by atoms with van der Waals surface area (Å²) in [5, 5.41) is 11.1. The Morgan fingerprint density at radius 2 is 1.76 bits per heavy atom. The van der Waals surface area contributed by atoms with Crippen LogP contribution in [0.3, 0.4) is 0 Å². The molecule has 3 rings (SSSR count). The highest BCUT2D eigenvalue weighted by Gasteiger charge is 2.43. The predicted octanol–water partition coefficient (Wildman–Crippen LogP) is 3.09. The van der Waals surface area contributed by atoms with Gasteiger partial charge < -0.3 is 0 Å². The van der Waals surface area contributed by atoms with E-state index in [1.165, 1.54) is 47.4 Å². The number of hydrogen-bond donors (Lipinski definition) is 0. The molecule has 0 radical (unpaired) electrons. The lowest BCUT2D eigenvalue weighted by atomic mass is 10.1. The normalized spacial score (nSPS) is 17.3. The van der Waals surface area contributed by atoms with E-state index in [9.17, 15) is 24.1 Å². The summed E-state index contributed by atoms with van der Waals surface area (Å²) < 4.78 is 13.1. The highest BCUT2D eigenvalue weighted by atomic mass is 19.1. The van der Waals surface area contributed by atoms with Gasteiger partial charge in [-0.2, -0.15) is 0 Å². The number of halogens is 1. The SMILES string of the molecule is CC1C(=O)N(Cc2ccccc2[N+](=O)[O-])C(=O)N1c1ccc(F)cc1. The topological polar surface area (TPSA) is 83.8 Å². The van der Waals surface area contributed by atoms with Gasteiger partial charge in [-0.15, -0.1) is 0 Å². The number of nitro groups is 1. The standard InChI is InChI=1S/C17H14FN3O4/c1-11-16(22)19(10-12-4-2-3-5-15(12)21(24)25)17(23)20(11)14-8-6-13(18)7-9-14/h2-9,11H,10H2,1H3. The van der Waals surface area contributed by atoms with E-state index in [0.717, 1.165) is 4.90 Å². The lowest BCUT2D eigenvalue weighted by molar-refractivity contribution is -0.385. The van der Waals surface area contributed by atoms with Crippen LogP contribution in [0, 0.1) is 15.9 Å². The first-order valence-electron chi connectivity index (χ1n) is 7.52. The molecule has 8 heteroatoms. The van der Waals surface area contributed by atoms with Crippen molar-refractivity contribution in [1.82, 2.24) is 4.90 Å². The summed E-state index contributed by atoms with van der Waals surface area (Å²) in [6.07, 6.45) is 0. The minimum Gasteiger partial charge on any atom is -0.282 e. The molecule has 0 spiro atoms. The Morgan fingerprint density at radius 1 is 1.12 bits per heavy atom. The maximum atomic E-state index is 13.1. The third-order valence-corrected chi connectivity index (χ3v) is 4.07. The van der Waals surface area contributed by atoms with E-state index in [1.54, 1.807) is 13.0 Å². The Hall–Kier alpha value is -3.29. The van der Waals surface area contributed by atoms with Crippen molar-refractivity contribution in [3.63, 3.8) is 0 Å². The number of hydrogen-bond acceptors (Lipinski definition) is 4. The number of imide groups is 1. The van der Waals surface area contributed by atoms with Crippen LogP contribution < -0.4 is 4.90 Å². The van der Waals surface area contributed by atoms with E-state index in [1.807, 2.05) is 0 Å². The molecule has 1 atom stereocenters. The van der Waals surface area contributed by atoms with Gasteiger partial charge in [0, 0.05) is 17.3 Å². The van der Waals surface area contributed by atoms with Crippen LogP contribution in [-0.4, -0.2) is 27.8 Å². The van der Waals surface area contributed by atoms with Gasteiger partial charge in [0.1, 0.15) is 11.9 Å². The van der Waals surface area contributed by atoms with Crippen LogP contribution in [0.15, 0.2) is 48.5 Å². The Kier molecular flexibility index (Phi) is 4.18. The van der Waals surface area contributed by atoms with E-state index in [0.29, 0.717) is 5.69 Å². The number of nitrogens with zero attached hydrogens (tertiary/aromatic N) is 3. The number of carbonyl (C=O) groups excluding carboxylic acids is 2. The first-order valence-corrected chi connectivity index (χ1v) is 7.52. The molecule has 1 heterocycles. The molecule has 1 aliphatic rings. The Labute approximate surface area is 142 Å². The second kappa shape index (κ2) is 6.31. The molecule has 0 bridgehead atoms. The van der Waals surface area contributed by atoms with Gasteiger partial charge in [-0.3, -0.25) is 24.7 Å². The lowest BCUT2D eigenvalue weighted by Crippen LogP contribution is -2.33. The summed E-state index contributed by atoms with van der Waals surface area (Å²) >= 11 is 0. The quantitative estimate of drug-likeness (QED) is 0.485. The average Bonchev–Trinajstić information content (AvgIpc) is 2.80. The number of rotatable bonds is 4. The van der Waals surface area contributed by atoms with E-state index in [4.69, 9.17) is 0 Å². The van der Waals surface area contributed by atoms with E-state index >= 15 is 0 Å². The first-order chi connectivity index (χ1) is 11.9. The number of nitro benzene ring substituents is 1. The molecule has 1 saturated heterocycles. The fraction of sp³-hybridized carbons (Fsp3) is 0.176. The van der Waals surface area contributed by atoms with Gasteiger partial charge in [-0.05, 0) is 31.2 Å². The molecule has 0 aromatic heterocycles. The Balaban J connectivity index is 1.91. The Bertz CT molecular complexity index is 853. The van der Waals surface area contributed by atoms with E-state index in [2.05, 4.69) is 0 Å². The zero-order valence-electron chi connectivity index (χ0n) is 13.3. The smallest absolute Gasteiger partial charge is 0.282 e. The van der Waals surface area contributed by atoms with Gasteiger partial charge in [0.2, 0.25) is 0 Å². The molecule has 1 aliphatic heterocycles. The van der Waals surface area contributed by atoms with Gasteiger partial charge in [0.25, 0.3) is 11.6 Å². The summed E-state index contributed by atoms with van der Waals surface area (Å²) in [6.45, 7) is 1.36. The average molecular weight is 343 g/mol. The van der Waals surface area contributed by atoms with Gasteiger partial charge in [-0.1, -0.05) is 18.2 Å². The van der Waals surface area contributed by atoms with Crippen molar-refractivity contribution >= 4 is 23.3 Å². The molecule has 2 aromatic carbocycles. The van der Waals surface area contributed by atoms with Crippen LogP contribution in [0.1, 0.15) is 12.5 Å². The van der Waals surface area contributed by atoms with E-state index < -0.39 is 28.7 Å². The minimum absolute atomic E-state index is 0.156. The largest absolute Gasteiger partial charge is 0.332 e. The van der Waals surface area contributed by atoms with Gasteiger partial charge in [0.15, 0.2) is 0 Å². The van der Waals surface area contributed by atoms with Crippen molar-refractivity contribution in [3.8, 4) is 0 Å². The van der Waals surface area contributed by atoms with Crippen LogP contribution >= 0.6 is 0 Å². The number of benzene rings is 2. The third-order valence-electron chi connectivity index (χ3n) is 4.07. The van der Waals surface area contributed by atoms with Crippen molar-refractivity contribution in [3.05, 3.63) is 70.0 Å². The molecular weight excluding hydrogens is 329 g/mol. The van der Waals surface area contributed by atoms with Gasteiger partial charge in [-0.25, -0.2) is 9.18 Å². The van der Waals surface area contributed by atoms with Crippen molar-refractivity contribution in [2.45, 2.75) is 19.5 Å². The van der Waals surface area contributed by atoms with Crippen molar-refractivity contribution in [2.24, 2.45) is 0 Å². The maximum absolute atomic E-state index is 13.1. The number of carbonyl (C=O) groups is 2. The predicted molar refractivity (Wildman–Crippen MR) is 87.4 cm³/mol. The van der Waals surface area contributed by atoms with Crippen molar-refractivity contribution in [1.29, 1.82) is 0 Å². The molecule has 128 valence electrons. The Morgan fingerprint density at radius 3 is 2.40 bits per heavy atom. The third kappa shape index (κ3) is 2.93. The zero-order valence-corrected chi connectivity index (χ0v) is 13.3. The second-order valence-electron chi connectivity index (χ2n) is 5.62. The minimum atomic E-state index is -0.777. The summed E-state index contributed by atoms with van der Waals surface area (Å²) in [5.74, 6) is -0.918. The molecule has 1 unspecified atom stereocenters. The van der Waals surface area contributed by atoms with Gasteiger partial charge in [0.05, 0.1) is 11.5 Å². The van der Waals surface area contributed by atoms with Crippen LogP contribution in [0.25, 0.3) is 0 Å². The van der Waals surface area contributed by atoms with E-state index in [-0.39, 0.29) is 17.8 Å². The van der Waals surface area contributed by atoms with Crippen LogP contribution in [0.2, 0.25) is 0 Å². The fourth-order valence-corrected chi connectivity index (χ4v) is 2.80. The number of amides is 3. The molecule has 0 aliphatic carbocycles. The fourth-order valence-electron chi connectivity index (χ4n) is 2.80. The zero-order chi connectivity index (χ0) is 18.1. The molecule has 0 saturated carbocycles. The number of anilines is 1. The van der Waals surface area contributed by atoms with Crippen LogP contribution in [0.5, 0.6) is 0 Å². The number of urea groups is 1. The monoisotopic (exact) mass is 343 g/mol. The lowest BCUT2D eigenvalue weighted by Gasteiger charge is -2.19. The molecule has 7 nitrogen and oxygen atoms in total. The van der Waals surface area contributed by atoms with Crippen LogP contribution in [0.4, 0.5) is 20.6 Å². The summed E-state index contributed by atoms with van der Waals surface area (Å²) in [6, 6.07) is 9.79. The van der Waals surface area contributed by atoms with Crippen molar-refractivity contribution < 1.29 is 18.9 Å². The first kappa shape index (κ1) is 16.6. The summed E-state index contributed by atoms with van der Waals surface area (Å²) in [7, 11) is 0. The van der Waals surface area contributed by atoms with Gasteiger partial charge >= 0.3 is 6.03 Å². The highest BCUT2D eigenvalue weighted by Crippen LogP contribution is 2.28. The highest BCUT2D eigenvalue weighted by molar-refractivity contribution is 6.14. The summed E-state index contributed by atoms with van der Waals surface area (Å²) in [4.78, 5) is 37.9. The molecule has 1 fully saturated rings. The summed E-state index contributed by atoms with van der Waals surface area (Å²) in [5.41, 5.74) is 0.496. The molecule has 25 heavy (non-hydrogen) atoms. The van der Waals surface area contributed by atoms with Crippen LogP contribution in [-0.2, 0) is 11.3 Å². The molecule has 3 amide bonds.